The van der Waals surface area contributed by atoms with E-state index in [2.05, 4.69) is 21.0 Å². The number of halogens is 1. The summed E-state index contributed by atoms with van der Waals surface area (Å²) in [5.74, 6) is -0.330. The molecule has 7 heteroatoms. The van der Waals surface area contributed by atoms with Crippen molar-refractivity contribution in [1.82, 2.24) is 14.7 Å². The zero-order chi connectivity index (χ0) is 15.4. The summed E-state index contributed by atoms with van der Waals surface area (Å²) in [4.78, 5) is 25.9. The van der Waals surface area contributed by atoms with Gasteiger partial charge in [0.25, 0.3) is 5.91 Å². The van der Waals surface area contributed by atoms with Crippen molar-refractivity contribution in [2.75, 3.05) is 19.7 Å². The van der Waals surface area contributed by atoms with Gasteiger partial charge in [-0.2, -0.15) is 5.10 Å². The maximum atomic E-state index is 12.5. The van der Waals surface area contributed by atoms with E-state index < -0.39 is 0 Å². The molecule has 0 radical (unpaired) electrons. The molecule has 1 aliphatic heterocycles. The fourth-order valence-electron chi connectivity index (χ4n) is 2.43. The molecule has 1 aromatic rings. The van der Waals surface area contributed by atoms with Crippen molar-refractivity contribution in [2.24, 2.45) is 5.92 Å². The van der Waals surface area contributed by atoms with Crippen LogP contribution in [0.5, 0.6) is 0 Å². The Kier molecular flexibility index (Phi) is 5.39. The third-order valence-electron chi connectivity index (χ3n) is 3.65. The summed E-state index contributed by atoms with van der Waals surface area (Å²) >= 11 is 3.38. The number of nitrogens with zero attached hydrogens (tertiary/aromatic N) is 3. The van der Waals surface area contributed by atoms with Gasteiger partial charge in [0.2, 0.25) is 0 Å². The molecule has 1 aromatic heterocycles. The molecule has 116 valence electrons. The third kappa shape index (κ3) is 3.64. The predicted octanol–water partition coefficient (Wildman–Crippen LogP) is 2.08. The Bertz CT molecular complexity index is 522. The minimum Gasteiger partial charge on any atom is -0.466 e. The molecule has 0 atom stereocenters. The number of carbonyl (C=O) groups excluding carboxylic acids is 2. The van der Waals surface area contributed by atoms with E-state index in [1.54, 1.807) is 22.7 Å². The van der Waals surface area contributed by atoms with Crippen LogP contribution in [0.15, 0.2) is 10.7 Å². The molecular formula is C14H20BrN3O3. The van der Waals surface area contributed by atoms with Gasteiger partial charge in [-0.3, -0.25) is 14.3 Å². The number of rotatable bonds is 4. The third-order valence-corrected chi connectivity index (χ3v) is 4.23. The molecule has 0 aromatic carbocycles. The molecule has 0 bridgehead atoms. The quantitative estimate of drug-likeness (QED) is 0.773. The van der Waals surface area contributed by atoms with Crippen molar-refractivity contribution in [3.63, 3.8) is 0 Å². The highest BCUT2D eigenvalue weighted by Gasteiger charge is 2.30. The monoisotopic (exact) mass is 357 g/mol. The summed E-state index contributed by atoms with van der Waals surface area (Å²) in [7, 11) is 0. The van der Waals surface area contributed by atoms with Crippen LogP contribution >= 0.6 is 15.9 Å². The number of hydrogen-bond donors (Lipinski definition) is 0. The van der Waals surface area contributed by atoms with Gasteiger partial charge >= 0.3 is 5.97 Å². The maximum absolute atomic E-state index is 12.5. The van der Waals surface area contributed by atoms with Crippen molar-refractivity contribution in [3.05, 3.63) is 16.4 Å². The van der Waals surface area contributed by atoms with E-state index in [-0.39, 0.29) is 17.8 Å². The van der Waals surface area contributed by atoms with Gasteiger partial charge < -0.3 is 9.64 Å². The number of aromatic nitrogens is 2. The number of ether oxygens (including phenoxy) is 1. The number of amides is 1. The first kappa shape index (κ1) is 16.0. The number of esters is 1. The van der Waals surface area contributed by atoms with Crippen molar-refractivity contribution in [2.45, 2.75) is 33.2 Å². The van der Waals surface area contributed by atoms with Gasteiger partial charge in [0.1, 0.15) is 0 Å². The van der Waals surface area contributed by atoms with Gasteiger partial charge in [-0.1, -0.05) is 0 Å². The van der Waals surface area contributed by atoms with E-state index in [1.807, 2.05) is 6.92 Å². The van der Waals surface area contributed by atoms with Crippen LogP contribution in [0.2, 0.25) is 0 Å². The first-order valence-corrected chi connectivity index (χ1v) is 8.05. The van der Waals surface area contributed by atoms with Crippen LogP contribution in [0.1, 0.15) is 37.2 Å². The molecule has 21 heavy (non-hydrogen) atoms. The molecule has 0 N–H and O–H groups in total. The van der Waals surface area contributed by atoms with E-state index >= 15 is 0 Å². The molecular weight excluding hydrogens is 338 g/mol. The maximum Gasteiger partial charge on any atom is 0.309 e. The van der Waals surface area contributed by atoms with Crippen molar-refractivity contribution >= 4 is 27.8 Å². The summed E-state index contributed by atoms with van der Waals surface area (Å²) in [6, 6.07) is 0. The normalized spacial score (nSPS) is 16.0. The summed E-state index contributed by atoms with van der Waals surface area (Å²) in [5, 5.41) is 4.27. The van der Waals surface area contributed by atoms with E-state index in [4.69, 9.17) is 4.74 Å². The van der Waals surface area contributed by atoms with Crippen LogP contribution in [0.3, 0.4) is 0 Å². The molecule has 1 aliphatic rings. The van der Waals surface area contributed by atoms with Gasteiger partial charge in [0, 0.05) is 25.8 Å². The smallest absolute Gasteiger partial charge is 0.309 e. The Hall–Kier alpha value is -1.37. The highest BCUT2D eigenvalue weighted by atomic mass is 79.9. The summed E-state index contributed by atoms with van der Waals surface area (Å²) in [6.07, 6.45) is 3.10. The lowest BCUT2D eigenvalue weighted by molar-refractivity contribution is -0.149. The first-order chi connectivity index (χ1) is 10.1. The SMILES string of the molecule is CCOC(=O)C1CCN(C(=O)c2nn(CC)cc2Br)CC1. The van der Waals surface area contributed by atoms with Gasteiger partial charge in [0.15, 0.2) is 5.69 Å². The fourth-order valence-corrected chi connectivity index (χ4v) is 2.92. The van der Waals surface area contributed by atoms with Crippen LogP contribution < -0.4 is 0 Å². The number of piperidine rings is 1. The van der Waals surface area contributed by atoms with Crippen molar-refractivity contribution < 1.29 is 14.3 Å². The second kappa shape index (κ2) is 7.06. The van der Waals surface area contributed by atoms with Gasteiger partial charge in [-0.05, 0) is 42.6 Å². The lowest BCUT2D eigenvalue weighted by Gasteiger charge is -2.30. The fraction of sp³-hybridized carbons (Fsp3) is 0.643. The second-order valence-corrected chi connectivity index (χ2v) is 5.85. The van der Waals surface area contributed by atoms with E-state index in [1.165, 1.54) is 0 Å². The van der Waals surface area contributed by atoms with Gasteiger partial charge in [0.05, 0.1) is 17.0 Å². The van der Waals surface area contributed by atoms with Crippen LogP contribution in [0.4, 0.5) is 0 Å². The molecule has 2 rings (SSSR count). The number of hydrogen-bond acceptors (Lipinski definition) is 4. The van der Waals surface area contributed by atoms with Crippen LogP contribution in [-0.4, -0.2) is 46.3 Å². The molecule has 1 amide bonds. The number of likely N-dealkylation sites (tertiary alicyclic amines) is 1. The Morgan fingerprint density at radius 3 is 2.57 bits per heavy atom. The molecule has 1 saturated heterocycles. The zero-order valence-corrected chi connectivity index (χ0v) is 13.9. The molecule has 0 unspecified atom stereocenters. The van der Waals surface area contributed by atoms with Gasteiger partial charge in [-0.15, -0.1) is 0 Å². The highest BCUT2D eigenvalue weighted by Crippen LogP contribution is 2.22. The predicted molar refractivity (Wildman–Crippen MR) is 80.9 cm³/mol. The first-order valence-electron chi connectivity index (χ1n) is 7.25. The highest BCUT2D eigenvalue weighted by molar-refractivity contribution is 9.10. The Balaban J connectivity index is 1.96. The Labute approximate surface area is 132 Å². The van der Waals surface area contributed by atoms with Crippen molar-refractivity contribution in [3.8, 4) is 0 Å². The lowest BCUT2D eigenvalue weighted by atomic mass is 9.97. The van der Waals surface area contributed by atoms with E-state index in [0.717, 1.165) is 6.54 Å². The average molecular weight is 358 g/mol. The lowest BCUT2D eigenvalue weighted by Crippen LogP contribution is -2.41. The largest absolute Gasteiger partial charge is 0.466 e. The molecule has 0 spiro atoms. The zero-order valence-electron chi connectivity index (χ0n) is 12.3. The standard InChI is InChI=1S/C14H20BrN3O3/c1-3-18-9-11(15)12(16-18)13(19)17-7-5-10(6-8-17)14(20)21-4-2/h9-10H,3-8H2,1-2H3. The molecule has 6 nitrogen and oxygen atoms in total. The molecule has 1 fully saturated rings. The van der Waals surface area contributed by atoms with Crippen molar-refractivity contribution in [1.29, 1.82) is 0 Å². The Morgan fingerprint density at radius 1 is 1.38 bits per heavy atom. The van der Waals surface area contributed by atoms with E-state index in [9.17, 15) is 9.59 Å². The minimum absolute atomic E-state index is 0.0867. The molecule has 0 aliphatic carbocycles. The second-order valence-electron chi connectivity index (χ2n) is 5.00. The van der Waals surface area contributed by atoms with Gasteiger partial charge in [-0.25, -0.2) is 0 Å². The average Bonchev–Trinajstić information content (AvgIpc) is 2.88. The summed E-state index contributed by atoms with van der Waals surface area (Å²) in [6.45, 7) is 6.02. The summed E-state index contributed by atoms with van der Waals surface area (Å²) in [5.41, 5.74) is 0.437. The minimum atomic E-state index is -0.152. The topological polar surface area (TPSA) is 64.4 Å². The van der Waals surface area contributed by atoms with Crippen LogP contribution in [-0.2, 0) is 16.1 Å². The van der Waals surface area contributed by atoms with Crippen LogP contribution in [0.25, 0.3) is 0 Å². The molecule has 0 saturated carbocycles. The summed E-state index contributed by atoms with van der Waals surface area (Å²) < 4.78 is 7.47. The van der Waals surface area contributed by atoms with Crippen LogP contribution in [0, 0.1) is 5.92 Å². The Morgan fingerprint density at radius 2 is 2.05 bits per heavy atom. The molecule has 2 heterocycles. The van der Waals surface area contributed by atoms with E-state index in [0.29, 0.717) is 42.7 Å². The number of aryl methyl sites for hydroxylation is 1. The number of carbonyl (C=O) groups is 2.